The van der Waals surface area contributed by atoms with Crippen LogP contribution in [0.3, 0.4) is 0 Å². The summed E-state index contributed by atoms with van der Waals surface area (Å²) in [7, 11) is -0.879. The first kappa shape index (κ1) is 20.9. The Hall–Kier alpha value is -2.84. The van der Waals surface area contributed by atoms with Gasteiger partial charge in [-0.3, -0.25) is 9.10 Å². The van der Waals surface area contributed by atoms with E-state index in [0.29, 0.717) is 17.1 Å². The van der Waals surface area contributed by atoms with E-state index in [9.17, 15) is 13.2 Å². The van der Waals surface area contributed by atoms with Crippen molar-refractivity contribution in [2.75, 3.05) is 23.8 Å². The third kappa shape index (κ3) is 4.28. The Kier molecular flexibility index (Phi) is 5.95. The van der Waals surface area contributed by atoms with Gasteiger partial charge in [-0.25, -0.2) is 8.42 Å². The predicted molar refractivity (Wildman–Crippen MR) is 117 cm³/mol. The number of hydrogen-bond donors (Lipinski definition) is 1. The molecular weight excluding hydrogens is 408 g/mol. The van der Waals surface area contributed by atoms with Crippen molar-refractivity contribution in [3.05, 3.63) is 69.9 Å². The zero-order valence-corrected chi connectivity index (χ0v) is 18.2. The van der Waals surface area contributed by atoms with Gasteiger partial charge in [0, 0.05) is 18.8 Å². The molecule has 0 aliphatic heterocycles. The minimum atomic E-state index is -3.90. The zero-order valence-electron chi connectivity index (χ0n) is 16.6. The molecule has 1 aromatic heterocycles. The topological polar surface area (TPSA) is 75.7 Å². The van der Waals surface area contributed by atoms with E-state index < -0.39 is 15.9 Å². The zero-order chi connectivity index (χ0) is 21.2. The summed E-state index contributed by atoms with van der Waals surface area (Å²) >= 11 is 1.08. The molecule has 29 heavy (non-hydrogen) atoms. The molecule has 3 aromatic rings. The number of rotatable bonds is 6. The van der Waals surface area contributed by atoms with Gasteiger partial charge in [-0.05, 0) is 60.7 Å². The van der Waals surface area contributed by atoms with Crippen molar-refractivity contribution in [1.29, 1.82) is 0 Å². The van der Waals surface area contributed by atoms with E-state index >= 15 is 0 Å². The van der Waals surface area contributed by atoms with Crippen LogP contribution in [0.2, 0.25) is 0 Å². The molecule has 0 atom stereocenters. The van der Waals surface area contributed by atoms with Crippen LogP contribution in [0.25, 0.3) is 0 Å². The molecule has 1 heterocycles. The number of hydrogen-bond acceptors (Lipinski definition) is 5. The number of anilines is 2. The maximum absolute atomic E-state index is 13.2. The van der Waals surface area contributed by atoms with Crippen LogP contribution in [0.1, 0.15) is 20.8 Å². The van der Waals surface area contributed by atoms with E-state index in [4.69, 9.17) is 4.74 Å². The van der Waals surface area contributed by atoms with Crippen LogP contribution in [0, 0.1) is 13.8 Å². The number of benzene rings is 2. The Morgan fingerprint density at radius 3 is 2.52 bits per heavy atom. The molecule has 0 radical (unpaired) electrons. The Morgan fingerprint density at radius 2 is 1.83 bits per heavy atom. The average molecular weight is 431 g/mol. The number of amides is 1. The first-order valence-corrected chi connectivity index (χ1v) is 11.1. The molecule has 6 nitrogen and oxygen atoms in total. The second kappa shape index (κ2) is 8.26. The highest BCUT2D eigenvalue weighted by Gasteiger charge is 2.28. The summed E-state index contributed by atoms with van der Waals surface area (Å²) in [5.41, 5.74) is 3.13. The number of methoxy groups -OCH3 is 1. The lowest BCUT2D eigenvalue weighted by atomic mass is 10.1. The van der Waals surface area contributed by atoms with Crippen molar-refractivity contribution in [3.8, 4) is 5.75 Å². The van der Waals surface area contributed by atoms with Gasteiger partial charge in [-0.2, -0.15) is 0 Å². The summed E-state index contributed by atoms with van der Waals surface area (Å²) in [6.45, 7) is 3.89. The maximum atomic E-state index is 13.2. The third-order valence-corrected chi connectivity index (χ3v) is 7.53. The van der Waals surface area contributed by atoms with Crippen LogP contribution >= 0.6 is 11.3 Å². The highest BCUT2D eigenvalue weighted by Crippen LogP contribution is 2.29. The van der Waals surface area contributed by atoms with Crippen molar-refractivity contribution in [3.63, 3.8) is 0 Å². The molecule has 0 aliphatic carbocycles. The number of nitrogens with zero attached hydrogens (tertiary/aromatic N) is 1. The monoisotopic (exact) mass is 430 g/mol. The number of sulfonamides is 1. The summed E-state index contributed by atoms with van der Waals surface area (Å²) in [5.74, 6) is 0.108. The maximum Gasteiger partial charge on any atom is 0.267 e. The molecule has 0 spiro atoms. The predicted octanol–water partition coefficient (Wildman–Crippen LogP) is 4.45. The Bertz CT molecular complexity index is 1150. The van der Waals surface area contributed by atoms with Gasteiger partial charge < -0.3 is 10.1 Å². The van der Waals surface area contributed by atoms with E-state index in [0.717, 1.165) is 22.5 Å². The average Bonchev–Trinajstić information content (AvgIpc) is 3.20. The second-order valence-electron chi connectivity index (χ2n) is 6.54. The van der Waals surface area contributed by atoms with Gasteiger partial charge in [0.1, 0.15) is 15.5 Å². The number of nitrogens with one attached hydrogen (secondary N) is 1. The summed E-state index contributed by atoms with van der Waals surface area (Å²) in [4.78, 5) is 12.9. The highest BCUT2D eigenvalue weighted by molar-refractivity contribution is 7.93. The molecule has 0 aliphatic rings. The minimum absolute atomic E-state index is 0.0244. The van der Waals surface area contributed by atoms with Crippen LogP contribution in [0.5, 0.6) is 5.75 Å². The van der Waals surface area contributed by atoms with Gasteiger partial charge in [0.25, 0.3) is 15.9 Å². The lowest BCUT2D eigenvalue weighted by molar-refractivity contribution is 0.102. The van der Waals surface area contributed by atoms with Crippen LogP contribution in [0.15, 0.2) is 58.8 Å². The van der Waals surface area contributed by atoms with Gasteiger partial charge in [-0.1, -0.05) is 12.1 Å². The van der Waals surface area contributed by atoms with Crippen molar-refractivity contribution in [1.82, 2.24) is 0 Å². The van der Waals surface area contributed by atoms with Crippen molar-refractivity contribution >= 4 is 38.6 Å². The molecule has 8 heteroatoms. The van der Waals surface area contributed by atoms with Gasteiger partial charge >= 0.3 is 0 Å². The van der Waals surface area contributed by atoms with Crippen molar-refractivity contribution < 1.29 is 17.9 Å². The normalized spacial score (nSPS) is 11.2. The number of thiophene rings is 1. The van der Waals surface area contributed by atoms with Crippen LogP contribution in [-0.4, -0.2) is 28.5 Å². The summed E-state index contributed by atoms with van der Waals surface area (Å²) < 4.78 is 32.8. The Labute approximate surface area is 174 Å². The lowest BCUT2D eigenvalue weighted by Crippen LogP contribution is -2.28. The molecule has 0 fully saturated rings. The number of ether oxygens (including phenoxy) is 1. The third-order valence-electron chi connectivity index (χ3n) is 4.66. The minimum Gasteiger partial charge on any atom is -0.497 e. The standard InChI is InChI=1S/C21H22N2O4S2/c1-14-8-9-17(12-15(14)2)23(3)29(25,26)19-10-11-28-20(19)21(24)22-16-6-5-7-18(13-16)27-4/h5-13H,1-4H3,(H,22,24). The molecule has 3 rings (SSSR count). The van der Waals surface area contributed by atoms with E-state index in [1.54, 1.807) is 35.7 Å². The molecule has 0 saturated heterocycles. The van der Waals surface area contributed by atoms with Crippen molar-refractivity contribution in [2.45, 2.75) is 18.7 Å². The van der Waals surface area contributed by atoms with Crippen LogP contribution in [0.4, 0.5) is 11.4 Å². The summed E-state index contributed by atoms with van der Waals surface area (Å²) in [6.07, 6.45) is 0. The summed E-state index contributed by atoms with van der Waals surface area (Å²) in [5, 5.41) is 4.33. The fourth-order valence-corrected chi connectivity index (χ4v) is 5.24. The van der Waals surface area contributed by atoms with E-state index in [2.05, 4.69) is 5.32 Å². The highest BCUT2D eigenvalue weighted by atomic mass is 32.2. The smallest absolute Gasteiger partial charge is 0.267 e. The Morgan fingerprint density at radius 1 is 1.07 bits per heavy atom. The SMILES string of the molecule is COc1cccc(NC(=O)c2sccc2S(=O)(=O)N(C)c2ccc(C)c(C)c2)c1. The first-order valence-electron chi connectivity index (χ1n) is 8.83. The quantitative estimate of drug-likeness (QED) is 0.627. The molecule has 0 unspecified atom stereocenters. The van der Waals surface area contributed by atoms with Gasteiger partial charge in [0.2, 0.25) is 0 Å². The van der Waals surface area contributed by atoms with Gasteiger partial charge in [0.15, 0.2) is 0 Å². The number of aryl methyl sites for hydroxylation is 2. The fourth-order valence-electron chi connectivity index (χ4n) is 2.76. The molecular formula is C21H22N2O4S2. The molecule has 2 aromatic carbocycles. The molecule has 1 N–H and O–H groups in total. The van der Waals surface area contributed by atoms with E-state index in [-0.39, 0.29) is 9.77 Å². The summed E-state index contributed by atoms with van der Waals surface area (Å²) in [6, 6.07) is 13.8. The first-order chi connectivity index (χ1) is 13.7. The van der Waals surface area contributed by atoms with Crippen LogP contribution in [-0.2, 0) is 10.0 Å². The van der Waals surface area contributed by atoms with E-state index in [1.165, 1.54) is 24.5 Å². The lowest BCUT2D eigenvalue weighted by Gasteiger charge is -2.20. The number of carbonyl (C=O) groups excluding carboxylic acids is 1. The fraction of sp³-hybridized carbons (Fsp3) is 0.190. The van der Waals surface area contributed by atoms with Crippen molar-refractivity contribution in [2.24, 2.45) is 0 Å². The Balaban J connectivity index is 1.91. The second-order valence-corrected chi connectivity index (χ2v) is 9.39. The van der Waals surface area contributed by atoms with Gasteiger partial charge in [0.05, 0.1) is 12.8 Å². The molecule has 0 bridgehead atoms. The van der Waals surface area contributed by atoms with E-state index in [1.807, 2.05) is 26.0 Å². The molecule has 0 saturated carbocycles. The molecule has 1 amide bonds. The van der Waals surface area contributed by atoms with Gasteiger partial charge in [-0.15, -0.1) is 11.3 Å². The molecule has 152 valence electrons. The number of carbonyl (C=O) groups is 1. The van der Waals surface area contributed by atoms with Crippen LogP contribution < -0.4 is 14.4 Å². The largest absolute Gasteiger partial charge is 0.497 e.